The normalized spacial score (nSPS) is 14.7. The molecule has 1 fully saturated rings. The van der Waals surface area contributed by atoms with Crippen molar-refractivity contribution in [3.05, 3.63) is 48.8 Å². The van der Waals surface area contributed by atoms with Gasteiger partial charge in [-0.25, -0.2) is 9.97 Å². The topological polar surface area (TPSA) is 57.2 Å². The van der Waals surface area contributed by atoms with Crippen molar-refractivity contribution in [2.75, 3.05) is 47.8 Å². The molecule has 2 aromatic rings. The minimum atomic E-state index is 0.659. The molecule has 120 valence electrons. The van der Waals surface area contributed by atoms with Crippen molar-refractivity contribution in [3.8, 4) is 0 Å². The van der Waals surface area contributed by atoms with E-state index in [9.17, 15) is 0 Å². The summed E-state index contributed by atoms with van der Waals surface area (Å²) < 4.78 is 0. The van der Waals surface area contributed by atoms with Crippen LogP contribution < -0.4 is 15.1 Å². The van der Waals surface area contributed by atoms with Crippen molar-refractivity contribution < 1.29 is 0 Å². The standard InChI is InChI=1S/C17H22N6/c1-3-7-19-17-20-14(2)13-16(21-17)23-11-9-22(10-12-23)15-6-4-5-8-18-15/h3-6,8,13H,1,7,9-12H2,2H3,(H,19,20,21). The van der Waals surface area contributed by atoms with Crippen molar-refractivity contribution in [2.45, 2.75) is 6.92 Å². The molecule has 0 saturated carbocycles. The SMILES string of the molecule is C=CCNc1nc(C)cc(N2CCN(c3ccccn3)CC2)n1. The highest BCUT2D eigenvalue weighted by atomic mass is 15.3. The van der Waals surface area contributed by atoms with E-state index in [4.69, 9.17) is 0 Å². The van der Waals surface area contributed by atoms with Crippen LogP contribution in [0.2, 0.25) is 0 Å². The molecule has 1 aliphatic heterocycles. The molecule has 0 spiro atoms. The Balaban J connectivity index is 1.67. The van der Waals surface area contributed by atoms with E-state index in [1.165, 1.54) is 0 Å². The molecule has 1 saturated heterocycles. The molecular weight excluding hydrogens is 288 g/mol. The maximum absolute atomic E-state index is 4.61. The minimum Gasteiger partial charge on any atom is -0.353 e. The number of hydrogen-bond donors (Lipinski definition) is 1. The molecule has 0 aliphatic carbocycles. The molecule has 3 heterocycles. The number of nitrogens with zero attached hydrogens (tertiary/aromatic N) is 5. The number of anilines is 3. The third-order valence-electron chi connectivity index (χ3n) is 3.82. The number of rotatable bonds is 5. The lowest BCUT2D eigenvalue weighted by molar-refractivity contribution is 0.641. The Kier molecular flexibility index (Phi) is 4.71. The van der Waals surface area contributed by atoms with Gasteiger partial charge in [-0.05, 0) is 19.1 Å². The monoisotopic (exact) mass is 310 g/mol. The van der Waals surface area contributed by atoms with Crippen LogP contribution in [0.3, 0.4) is 0 Å². The van der Waals surface area contributed by atoms with E-state index in [-0.39, 0.29) is 0 Å². The van der Waals surface area contributed by atoms with Gasteiger partial charge in [0.2, 0.25) is 5.95 Å². The van der Waals surface area contributed by atoms with E-state index in [0.717, 1.165) is 43.5 Å². The Morgan fingerprint density at radius 1 is 1.13 bits per heavy atom. The summed E-state index contributed by atoms with van der Waals surface area (Å²) in [6.45, 7) is 10.1. The second-order valence-corrected chi connectivity index (χ2v) is 5.52. The first-order valence-corrected chi connectivity index (χ1v) is 7.87. The summed E-state index contributed by atoms with van der Waals surface area (Å²) >= 11 is 0. The van der Waals surface area contributed by atoms with Crippen LogP contribution in [0.15, 0.2) is 43.1 Å². The summed E-state index contributed by atoms with van der Waals surface area (Å²) in [5.41, 5.74) is 0.966. The number of pyridine rings is 1. The highest BCUT2D eigenvalue weighted by molar-refractivity contribution is 5.48. The van der Waals surface area contributed by atoms with Gasteiger partial charge in [-0.1, -0.05) is 12.1 Å². The van der Waals surface area contributed by atoms with Gasteiger partial charge < -0.3 is 15.1 Å². The largest absolute Gasteiger partial charge is 0.353 e. The second-order valence-electron chi connectivity index (χ2n) is 5.52. The fraction of sp³-hybridized carbons (Fsp3) is 0.353. The molecule has 23 heavy (non-hydrogen) atoms. The third kappa shape index (κ3) is 3.77. The zero-order valence-electron chi connectivity index (χ0n) is 13.4. The molecule has 2 aromatic heterocycles. The van der Waals surface area contributed by atoms with Crippen LogP contribution in [0.25, 0.3) is 0 Å². The Hall–Kier alpha value is -2.63. The number of nitrogens with one attached hydrogen (secondary N) is 1. The molecule has 0 unspecified atom stereocenters. The lowest BCUT2D eigenvalue weighted by atomic mass is 10.3. The number of aryl methyl sites for hydroxylation is 1. The van der Waals surface area contributed by atoms with Crippen molar-refractivity contribution in [1.29, 1.82) is 0 Å². The zero-order valence-corrected chi connectivity index (χ0v) is 13.4. The first-order valence-electron chi connectivity index (χ1n) is 7.87. The Morgan fingerprint density at radius 3 is 2.52 bits per heavy atom. The smallest absolute Gasteiger partial charge is 0.225 e. The van der Waals surface area contributed by atoms with Gasteiger partial charge in [-0.3, -0.25) is 0 Å². The molecule has 0 bridgehead atoms. The molecule has 0 amide bonds. The molecule has 1 N–H and O–H groups in total. The second kappa shape index (κ2) is 7.09. The number of hydrogen-bond acceptors (Lipinski definition) is 6. The van der Waals surface area contributed by atoms with Crippen LogP contribution in [-0.2, 0) is 0 Å². The average Bonchev–Trinajstić information content (AvgIpc) is 2.60. The van der Waals surface area contributed by atoms with Gasteiger partial charge in [-0.2, -0.15) is 4.98 Å². The Bertz CT molecular complexity index is 649. The van der Waals surface area contributed by atoms with Crippen molar-refractivity contribution >= 4 is 17.6 Å². The molecular formula is C17H22N6. The fourth-order valence-electron chi connectivity index (χ4n) is 2.66. The van der Waals surface area contributed by atoms with Gasteiger partial charge in [-0.15, -0.1) is 6.58 Å². The molecule has 0 atom stereocenters. The lowest BCUT2D eigenvalue weighted by Gasteiger charge is -2.36. The minimum absolute atomic E-state index is 0.659. The van der Waals surface area contributed by atoms with Crippen molar-refractivity contribution in [2.24, 2.45) is 0 Å². The summed E-state index contributed by atoms with van der Waals surface area (Å²) in [7, 11) is 0. The lowest BCUT2D eigenvalue weighted by Crippen LogP contribution is -2.47. The quantitative estimate of drug-likeness (QED) is 0.854. The van der Waals surface area contributed by atoms with E-state index in [1.807, 2.05) is 31.3 Å². The summed E-state index contributed by atoms with van der Waals surface area (Å²) in [6.07, 6.45) is 3.64. The van der Waals surface area contributed by atoms with E-state index in [1.54, 1.807) is 6.08 Å². The highest BCUT2D eigenvalue weighted by Gasteiger charge is 2.19. The van der Waals surface area contributed by atoms with Crippen LogP contribution in [0.4, 0.5) is 17.6 Å². The molecule has 6 nitrogen and oxygen atoms in total. The van der Waals surface area contributed by atoms with Crippen molar-refractivity contribution in [3.63, 3.8) is 0 Å². The summed E-state index contributed by atoms with van der Waals surface area (Å²) in [5, 5.41) is 3.16. The predicted octanol–water partition coefficient (Wildman–Crippen LogP) is 2.10. The van der Waals surface area contributed by atoms with Crippen LogP contribution in [-0.4, -0.2) is 47.7 Å². The van der Waals surface area contributed by atoms with E-state index >= 15 is 0 Å². The van der Waals surface area contributed by atoms with Gasteiger partial charge in [0.25, 0.3) is 0 Å². The molecule has 0 radical (unpaired) electrons. The van der Waals surface area contributed by atoms with Gasteiger partial charge in [0.15, 0.2) is 0 Å². The molecule has 6 heteroatoms. The summed E-state index contributed by atoms with van der Waals surface area (Å²) in [5.74, 6) is 2.68. The summed E-state index contributed by atoms with van der Waals surface area (Å²) in [4.78, 5) is 18.1. The maximum atomic E-state index is 4.61. The van der Waals surface area contributed by atoms with Gasteiger partial charge in [0.1, 0.15) is 11.6 Å². The van der Waals surface area contributed by atoms with Crippen molar-refractivity contribution in [1.82, 2.24) is 15.0 Å². The van der Waals surface area contributed by atoms with E-state index in [0.29, 0.717) is 12.5 Å². The maximum Gasteiger partial charge on any atom is 0.225 e. The predicted molar refractivity (Wildman–Crippen MR) is 94.1 cm³/mol. The first kappa shape index (κ1) is 15.3. The zero-order chi connectivity index (χ0) is 16.1. The van der Waals surface area contributed by atoms with Gasteiger partial charge in [0.05, 0.1) is 0 Å². The highest BCUT2D eigenvalue weighted by Crippen LogP contribution is 2.19. The van der Waals surface area contributed by atoms with Crippen LogP contribution in [0.1, 0.15) is 5.69 Å². The van der Waals surface area contributed by atoms with Crippen LogP contribution >= 0.6 is 0 Å². The van der Waals surface area contributed by atoms with Gasteiger partial charge in [0, 0.05) is 50.7 Å². The fourth-order valence-corrected chi connectivity index (χ4v) is 2.66. The number of aromatic nitrogens is 3. The average molecular weight is 310 g/mol. The number of piperazine rings is 1. The Morgan fingerprint density at radius 2 is 1.87 bits per heavy atom. The molecule has 3 rings (SSSR count). The molecule has 0 aromatic carbocycles. The third-order valence-corrected chi connectivity index (χ3v) is 3.82. The van der Waals surface area contributed by atoms with Crippen LogP contribution in [0, 0.1) is 6.92 Å². The van der Waals surface area contributed by atoms with Gasteiger partial charge >= 0.3 is 0 Å². The first-order chi connectivity index (χ1) is 11.3. The van der Waals surface area contributed by atoms with E-state index < -0.39 is 0 Å². The van der Waals surface area contributed by atoms with Crippen LogP contribution in [0.5, 0.6) is 0 Å². The Labute approximate surface area is 136 Å². The summed E-state index contributed by atoms with van der Waals surface area (Å²) in [6, 6.07) is 8.07. The van der Waals surface area contributed by atoms with E-state index in [2.05, 4.69) is 42.7 Å². The molecule has 1 aliphatic rings.